The summed E-state index contributed by atoms with van der Waals surface area (Å²) in [6, 6.07) is 8.79. The van der Waals surface area contributed by atoms with Crippen molar-refractivity contribution in [2.45, 2.75) is 38.8 Å². The van der Waals surface area contributed by atoms with Gasteiger partial charge < -0.3 is 29.7 Å². The van der Waals surface area contributed by atoms with Crippen LogP contribution in [0.15, 0.2) is 36.4 Å². The number of rotatable bonds is 7. The van der Waals surface area contributed by atoms with Gasteiger partial charge in [0.1, 0.15) is 18.2 Å². The zero-order valence-electron chi connectivity index (χ0n) is 22.2. The van der Waals surface area contributed by atoms with E-state index < -0.39 is 24.7 Å². The molecule has 2 aromatic carbocycles. The number of halogens is 2. The molecule has 1 fully saturated rings. The number of likely N-dealkylation sites (N-methyl/N-ethyl adjacent to an activating group) is 1. The molecular weight excluding hydrogens is 496 g/mol. The highest BCUT2D eigenvalue weighted by Gasteiger charge is 2.31. The molecule has 0 spiro atoms. The number of amides is 1. The van der Waals surface area contributed by atoms with Crippen molar-refractivity contribution >= 4 is 22.8 Å². The van der Waals surface area contributed by atoms with Gasteiger partial charge in [-0.3, -0.25) is 0 Å². The van der Waals surface area contributed by atoms with Crippen LogP contribution in [0.3, 0.4) is 0 Å². The van der Waals surface area contributed by atoms with Crippen LogP contribution >= 0.6 is 0 Å². The molecule has 9 nitrogen and oxygen atoms in total. The van der Waals surface area contributed by atoms with Crippen molar-refractivity contribution in [1.29, 1.82) is 0 Å². The van der Waals surface area contributed by atoms with Crippen LogP contribution < -0.4 is 14.8 Å². The molecule has 2 atom stereocenters. The van der Waals surface area contributed by atoms with Crippen LogP contribution in [-0.4, -0.2) is 77.4 Å². The molecule has 0 unspecified atom stereocenters. The number of fused-ring (bicyclic) bond motifs is 1. The number of aliphatic hydroxyl groups is 1. The molecule has 1 saturated heterocycles. The van der Waals surface area contributed by atoms with E-state index in [0.717, 1.165) is 13.1 Å². The Bertz CT molecular complexity index is 1320. The van der Waals surface area contributed by atoms with Crippen molar-refractivity contribution in [2.24, 2.45) is 0 Å². The Kier molecular flexibility index (Phi) is 7.98. The molecule has 1 amide bonds. The number of carbonyl (C=O) groups is 1. The predicted octanol–water partition coefficient (Wildman–Crippen LogP) is 4.34. The highest BCUT2D eigenvalue weighted by Crippen LogP contribution is 2.36. The Morgan fingerprint density at radius 2 is 2.00 bits per heavy atom. The lowest BCUT2D eigenvalue weighted by atomic mass is 10.0. The van der Waals surface area contributed by atoms with Crippen molar-refractivity contribution in [3.63, 3.8) is 0 Å². The van der Waals surface area contributed by atoms with E-state index in [4.69, 9.17) is 14.6 Å². The van der Waals surface area contributed by atoms with Gasteiger partial charge in [0.2, 0.25) is 0 Å². The van der Waals surface area contributed by atoms with Crippen LogP contribution in [0.2, 0.25) is 0 Å². The van der Waals surface area contributed by atoms with Gasteiger partial charge in [0.05, 0.1) is 12.6 Å². The van der Waals surface area contributed by atoms with Crippen LogP contribution in [0.1, 0.15) is 36.8 Å². The largest absolute Gasteiger partial charge is 0.493 e. The number of methoxy groups -OCH3 is 1. The number of nitrogens with one attached hydrogen (secondary N) is 1. The molecule has 0 saturated carbocycles. The zero-order chi connectivity index (χ0) is 27.6. The Balaban J connectivity index is 1.66. The van der Waals surface area contributed by atoms with Crippen LogP contribution in [0, 0.1) is 6.92 Å². The number of aryl methyl sites for hydroxylation is 1. The number of carbonyl (C=O) groups excluding carboxylic acids is 1. The Labute approximate surface area is 220 Å². The molecule has 2 heterocycles. The van der Waals surface area contributed by atoms with E-state index >= 15 is 0 Å². The number of alkyl halides is 2. The SMILES string of the molecule is COc1cc2nc(C)nc(N[C@H](C)c3cccc(C(F)(F)CO)c3)c2cc1OC(=O)N1CCN(C)C[C@@H]1C. The van der Waals surface area contributed by atoms with Crippen LogP contribution in [0.4, 0.5) is 19.4 Å². The highest BCUT2D eigenvalue weighted by atomic mass is 19.3. The van der Waals surface area contributed by atoms with Gasteiger partial charge in [0, 0.05) is 48.7 Å². The van der Waals surface area contributed by atoms with Gasteiger partial charge in [0.25, 0.3) is 5.92 Å². The van der Waals surface area contributed by atoms with Gasteiger partial charge in [-0.15, -0.1) is 0 Å². The lowest BCUT2D eigenvalue weighted by molar-refractivity contribution is -0.0556. The first-order chi connectivity index (χ1) is 18.0. The number of ether oxygens (including phenoxy) is 2. The lowest BCUT2D eigenvalue weighted by Crippen LogP contribution is -2.53. The third-order valence-electron chi connectivity index (χ3n) is 6.72. The summed E-state index contributed by atoms with van der Waals surface area (Å²) in [6.07, 6.45) is -0.471. The first kappa shape index (κ1) is 27.5. The fraction of sp³-hybridized carbons (Fsp3) is 0.444. The average molecular weight is 530 g/mol. The van der Waals surface area contributed by atoms with Gasteiger partial charge in [-0.1, -0.05) is 18.2 Å². The smallest absolute Gasteiger partial charge is 0.415 e. The summed E-state index contributed by atoms with van der Waals surface area (Å²) in [4.78, 5) is 25.9. The first-order valence-electron chi connectivity index (χ1n) is 12.4. The minimum absolute atomic E-state index is 0.00858. The molecule has 38 heavy (non-hydrogen) atoms. The standard InChI is InChI=1S/C27H33F2N5O4/c1-16-14-33(4)9-10-34(16)26(36)38-24-12-21-22(13-23(24)37-5)31-18(3)32-25(21)30-17(2)19-7-6-8-20(11-19)27(28,29)15-35/h6-8,11-13,16-17,35H,9-10,14-15H2,1-5H3,(H,30,31,32)/t16-,17+/m0/s1. The quantitative estimate of drug-likeness (QED) is 0.466. The predicted molar refractivity (Wildman–Crippen MR) is 140 cm³/mol. The maximum atomic E-state index is 14.1. The number of benzene rings is 2. The molecule has 1 aromatic heterocycles. The fourth-order valence-electron chi connectivity index (χ4n) is 4.58. The van der Waals surface area contributed by atoms with E-state index in [1.165, 1.54) is 25.3 Å². The number of aromatic nitrogens is 2. The second kappa shape index (κ2) is 11.0. The summed E-state index contributed by atoms with van der Waals surface area (Å²) in [5.41, 5.74) is 0.883. The van der Waals surface area contributed by atoms with E-state index in [1.807, 2.05) is 20.9 Å². The molecule has 204 valence electrons. The third kappa shape index (κ3) is 5.78. The molecular formula is C27H33F2N5O4. The van der Waals surface area contributed by atoms with Crippen LogP contribution in [-0.2, 0) is 5.92 Å². The maximum Gasteiger partial charge on any atom is 0.415 e. The number of nitrogens with zero attached hydrogens (tertiary/aromatic N) is 4. The van der Waals surface area contributed by atoms with E-state index in [0.29, 0.717) is 40.4 Å². The summed E-state index contributed by atoms with van der Waals surface area (Å²) < 4.78 is 39.4. The van der Waals surface area contributed by atoms with E-state index in [1.54, 1.807) is 30.0 Å². The summed E-state index contributed by atoms with van der Waals surface area (Å²) >= 11 is 0. The van der Waals surface area contributed by atoms with Crippen molar-refractivity contribution in [2.75, 3.05) is 45.7 Å². The maximum absolute atomic E-state index is 14.1. The molecule has 11 heteroatoms. The van der Waals surface area contributed by atoms with E-state index in [9.17, 15) is 13.6 Å². The van der Waals surface area contributed by atoms with Crippen molar-refractivity contribution < 1.29 is 28.2 Å². The minimum atomic E-state index is -3.34. The number of hydrogen-bond donors (Lipinski definition) is 2. The highest BCUT2D eigenvalue weighted by molar-refractivity contribution is 5.92. The van der Waals surface area contributed by atoms with Crippen molar-refractivity contribution in [3.05, 3.63) is 53.3 Å². The Hall–Kier alpha value is -3.57. The van der Waals surface area contributed by atoms with Gasteiger partial charge in [-0.25, -0.2) is 14.8 Å². The number of aliphatic hydroxyl groups excluding tert-OH is 1. The fourth-order valence-corrected chi connectivity index (χ4v) is 4.58. The van der Waals surface area contributed by atoms with Crippen LogP contribution in [0.25, 0.3) is 10.9 Å². The van der Waals surface area contributed by atoms with E-state index in [-0.39, 0.29) is 17.4 Å². The summed E-state index contributed by atoms with van der Waals surface area (Å²) in [5.74, 6) is -1.82. The summed E-state index contributed by atoms with van der Waals surface area (Å²) in [6.45, 7) is 6.30. The summed E-state index contributed by atoms with van der Waals surface area (Å²) in [5, 5.41) is 12.9. The van der Waals surface area contributed by atoms with Gasteiger partial charge in [-0.2, -0.15) is 8.78 Å². The second-order valence-electron chi connectivity index (χ2n) is 9.67. The van der Waals surface area contributed by atoms with Gasteiger partial charge >= 0.3 is 6.09 Å². The Morgan fingerprint density at radius 3 is 2.68 bits per heavy atom. The topological polar surface area (TPSA) is 100 Å². The molecule has 3 aromatic rings. The molecule has 0 radical (unpaired) electrons. The Morgan fingerprint density at radius 1 is 1.24 bits per heavy atom. The van der Waals surface area contributed by atoms with Crippen molar-refractivity contribution in [1.82, 2.24) is 19.8 Å². The second-order valence-corrected chi connectivity index (χ2v) is 9.67. The zero-order valence-corrected chi connectivity index (χ0v) is 22.2. The average Bonchev–Trinajstić information content (AvgIpc) is 2.88. The normalized spacial score (nSPS) is 17.4. The third-order valence-corrected chi connectivity index (χ3v) is 6.72. The number of anilines is 1. The monoisotopic (exact) mass is 529 g/mol. The molecule has 1 aliphatic rings. The molecule has 4 rings (SSSR count). The molecule has 0 aliphatic carbocycles. The van der Waals surface area contributed by atoms with Crippen LogP contribution in [0.5, 0.6) is 11.5 Å². The molecule has 0 bridgehead atoms. The lowest BCUT2D eigenvalue weighted by Gasteiger charge is -2.37. The number of hydrogen-bond acceptors (Lipinski definition) is 8. The summed E-state index contributed by atoms with van der Waals surface area (Å²) in [7, 11) is 3.50. The molecule has 1 aliphatic heterocycles. The minimum Gasteiger partial charge on any atom is -0.493 e. The van der Waals surface area contributed by atoms with E-state index in [2.05, 4.69) is 20.2 Å². The van der Waals surface area contributed by atoms with Gasteiger partial charge in [-0.05, 0) is 45.5 Å². The molecule has 2 N–H and O–H groups in total. The van der Waals surface area contributed by atoms with Gasteiger partial charge in [0.15, 0.2) is 11.5 Å². The van der Waals surface area contributed by atoms with Crippen molar-refractivity contribution in [3.8, 4) is 11.5 Å². The first-order valence-corrected chi connectivity index (χ1v) is 12.4. The number of piperazine rings is 1.